The zero-order valence-corrected chi connectivity index (χ0v) is 9.80. The van der Waals surface area contributed by atoms with Crippen molar-refractivity contribution < 1.29 is 14.6 Å². The molecule has 1 unspecified atom stereocenters. The number of aromatic carboxylic acids is 1. The third-order valence-electron chi connectivity index (χ3n) is 3.00. The van der Waals surface area contributed by atoms with E-state index in [1.54, 1.807) is 12.3 Å². The molecule has 0 aliphatic carbocycles. The van der Waals surface area contributed by atoms with Gasteiger partial charge in [0, 0.05) is 6.54 Å². The Kier molecular flexibility index (Phi) is 3.58. The topological polar surface area (TPSA) is 62.7 Å². The van der Waals surface area contributed by atoms with Crippen LogP contribution in [0.25, 0.3) is 0 Å². The molecule has 92 valence electrons. The fourth-order valence-electron chi connectivity index (χ4n) is 2.02. The molecule has 1 aliphatic heterocycles. The summed E-state index contributed by atoms with van der Waals surface area (Å²) in [7, 11) is 0. The predicted molar refractivity (Wildman–Crippen MR) is 63.4 cm³/mol. The van der Waals surface area contributed by atoms with Gasteiger partial charge in [0.2, 0.25) is 0 Å². The third kappa shape index (κ3) is 2.55. The summed E-state index contributed by atoms with van der Waals surface area (Å²) in [4.78, 5) is 16.9. The maximum Gasteiger partial charge on any atom is 0.354 e. The smallest absolute Gasteiger partial charge is 0.354 e. The molecule has 0 amide bonds. The second kappa shape index (κ2) is 5.14. The van der Waals surface area contributed by atoms with Gasteiger partial charge in [-0.25, -0.2) is 9.78 Å². The molecular weight excluding hydrogens is 220 g/mol. The number of hydrogen-bond acceptors (Lipinski definition) is 4. The number of rotatable bonds is 3. The van der Waals surface area contributed by atoms with E-state index < -0.39 is 5.97 Å². The van der Waals surface area contributed by atoms with Crippen LogP contribution in [0.15, 0.2) is 18.3 Å². The van der Waals surface area contributed by atoms with Crippen molar-refractivity contribution in [2.45, 2.75) is 19.4 Å². The molecule has 1 fully saturated rings. The number of carbonyl (C=O) groups is 1. The summed E-state index contributed by atoms with van der Waals surface area (Å²) in [6.07, 6.45) is 2.62. The van der Waals surface area contributed by atoms with Crippen LogP contribution in [0.3, 0.4) is 0 Å². The first kappa shape index (κ1) is 11.9. The van der Waals surface area contributed by atoms with Crippen LogP contribution in [-0.4, -0.2) is 41.9 Å². The van der Waals surface area contributed by atoms with Gasteiger partial charge in [0.1, 0.15) is 5.69 Å². The van der Waals surface area contributed by atoms with Crippen molar-refractivity contribution in [1.82, 2.24) is 4.98 Å². The molecule has 1 aromatic heterocycles. The van der Waals surface area contributed by atoms with Crippen molar-refractivity contribution in [3.63, 3.8) is 0 Å². The molecule has 2 heterocycles. The zero-order valence-electron chi connectivity index (χ0n) is 9.80. The van der Waals surface area contributed by atoms with Crippen molar-refractivity contribution in [3.8, 4) is 0 Å². The van der Waals surface area contributed by atoms with Gasteiger partial charge in [0.05, 0.1) is 31.1 Å². The summed E-state index contributed by atoms with van der Waals surface area (Å²) in [6, 6.07) is 3.70. The van der Waals surface area contributed by atoms with Gasteiger partial charge >= 0.3 is 5.97 Å². The average Bonchev–Trinajstić information content (AvgIpc) is 2.39. The van der Waals surface area contributed by atoms with Gasteiger partial charge in [-0.05, 0) is 18.6 Å². The number of carboxylic acid groups (broad SMARTS) is 1. The Bertz CT molecular complexity index is 391. The minimum Gasteiger partial charge on any atom is -0.477 e. The van der Waals surface area contributed by atoms with E-state index in [4.69, 9.17) is 9.84 Å². The van der Waals surface area contributed by atoms with Gasteiger partial charge in [-0.3, -0.25) is 0 Å². The first-order chi connectivity index (χ1) is 8.22. The number of hydrogen-bond donors (Lipinski definition) is 1. The first-order valence-electron chi connectivity index (χ1n) is 5.76. The van der Waals surface area contributed by atoms with Crippen LogP contribution in [0.5, 0.6) is 0 Å². The van der Waals surface area contributed by atoms with E-state index in [1.807, 2.05) is 6.07 Å². The van der Waals surface area contributed by atoms with Gasteiger partial charge in [0.25, 0.3) is 0 Å². The molecule has 1 aliphatic rings. The van der Waals surface area contributed by atoms with Crippen molar-refractivity contribution in [3.05, 3.63) is 24.0 Å². The van der Waals surface area contributed by atoms with E-state index in [9.17, 15) is 4.79 Å². The molecule has 0 bridgehead atoms. The Morgan fingerprint density at radius 1 is 1.65 bits per heavy atom. The number of pyridine rings is 1. The molecule has 5 nitrogen and oxygen atoms in total. The third-order valence-corrected chi connectivity index (χ3v) is 3.00. The van der Waals surface area contributed by atoms with Crippen LogP contribution in [-0.2, 0) is 4.74 Å². The van der Waals surface area contributed by atoms with Gasteiger partial charge in [0.15, 0.2) is 0 Å². The number of ether oxygens (including phenoxy) is 1. The highest BCUT2D eigenvalue weighted by molar-refractivity contribution is 5.85. The Labute approximate surface area is 100 Å². The Balaban J connectivity index is 2.17. The minimum absolute atomic E-state index is 0.0788. The monoisotopic (exact) mass is 236 g/mol. The van der Waals surface area contributed by atoms with Crippen LogP contribution in [0.2, 0.25) is 0 Å². The van der Waals surface area contributed by atoms with E-state index >= 15 is 0 Å². The fraction of sp³-hybridized carbons (Fsp3) is 0.500. The largest absolute Gasteiger partial charge is 0.477 e. The summed E-state index contributed by atoms with van der Waals surface area (Å²) < 4.78 is 5.43. The minimum atomic E-state index is -0.995. The lowest BCUT2D eigenvalue weighted by molar-refractivity contribution is 0.0690. The number of carboxylic acids is 1. The molecule has 17 heavy (non-hydrogen) atoms. The van der Waals surface area contributed by atoms with Crippen LogP contribution in [0, 0.1) is 0 Å². The van der Waals surface area contributed by atoms with Crippen molar-refractivity contribution >= 4 is 11.7 Å². The number of anilines is 1. The Hall–Kier alpha value is -1.62. The average molecular weight is 236 g/mol. The highest BCUT2D eigenvalue weighted by atomic mass is 16.5. The number of aromatic nitrogens is 1. The molecule has 0 spiro atoms. The highest BCUT2D eigenvalue weighted by Gasteiger charge is 2.21. The van der Waals surface area contributed by atoms with E-state index in [0.717, 1.165) is 25.3 Å². The second-order valence-corrected chi connectivity index (χ2v) is 4.04. The summed E-state index contributed by atoms with van der Waals surface area (Å²) in [5.74, 6) is -0.995. The van der Waals surface area contributed by atoms with Crippen molar-refractivity contribution in [2.75, 3.05) is 24.7 Å². The zero-order chi connectivity index (χ0) is 12.3. The molecule has 1 atom stereocenters. The summed E-state index contributed by atoms with van der Waals surface area (Å²) >= 11 is 0. The molecule has 1 saturated heterocycles. The lowest BCUT2D eigenvalue weighted by Gasteiger charge is -2.36. The Morgan fingerprint density at radius 2 is 2.47 bits per heavy atom. The SMILES string of the molecule is CCC1COCCN1c1ccc(C(=O)O)nc1. The molecule has 0 aromatic carbocycles. The number of morpholine rings is 1. The van der Waals surface area contributed by atoms with Gasteiger partial charge in [-0.15, -0.1) is 0 Å². The predicted octanol–water partition coefficient (Wildman–Crippen LogP) is 1.40. The molecule has 2 rings (SSSR count). The maximum atomic E-state index is 10.7. The molecule has 0 radical (unpaired) electrons. The maximum absolute atomic E-state index is 10.7. The van der Waals surface area contributed by atoms with Gasteiger partial charge < -0.3 is 14.7 Å². The van der Waals surface area contributed by atoms with Gasteiger partial charge in [-0.2, -0.15) is 0 Å². The lowest BCUT2D eigenvalue weighted by Crippen LogP contribution is -2.45. The molecule has 0 saturated carbocycles. The van der Waals surface area contributed by atoms with E-state index in [0.29, 0.717) is 12.6 Å². The Morgan fingerprint density at radius 3 is 3.06 bits per heavy atom. The lowest BCUT2D eigenvalue weighted by atomic mass is 10.1. The second-order valence-electron chi connectivity index (χ2n) is 4.04. The number of nitrogens with zero attached hydrogens (tertiary/aromatic N) is 2. The van der Waals surface area contributed by atoms with Crippen LogP contribution < -0.4 is 4.90 Å². The quantitative estimate of drug-likeness (QED) is 0.859. The molecule has 1 N–H and O–H groups in total. The molecular formula is C12H16N2O3. The summed E-state index contributed by atoms with van der Waals surface area (Å²) in [5, 5.41) is 8.79. The summed E-state index contributed by atoms with van der Waals surface area (Å²) in [5.41, 5.74) is 1.04. The van der Waals surface area contributed by atoms with Crippen LogP contribution in [0.4, 0.5) is 5.69 Å². The van der Waals surface area contributed by atoms with Crippen molar-refractivity contribution in [2.24, 2.45) is 0 Å². The van der Waals surface area contributed by atoms with Crippen LogP contribution >= 0.6 is 0 Å². The normalized spacial score (nSPS) is 20.3. The van der Waals surface area contributed by atoms with E-state index in [-0.39, 0.29) is 5.69 Å². The molecule has 5 heteroatoms. The summed E-state index contributed by atoms with van der Waals surface area (Å²) in [6.45, 7) is 4.37. The van der Waals surface area contributed by atoms with E-state index in [1.165, 1.54) is 0 Å². The van der Waals surface area contributed by atoms with E-state index in [2.05, 4.69) is 16.8 Å². The fourth-order valence-corrected chi connectivity index (χ4v) is 2.02. The molecule has 1 aromatic rings. The highest BCUT2D eigenvalue weighted by Crippen LogP contribution is 2.20. The van der Waals surface area contributed by atoms with Crippen LogP contribution in [0.1, 0.15) is 23.8 Å². The van der Waals surface area contributed by atoms with Gasteiger partial charge in [-0.1, -0.05) is 6.92 Å². The van der Waals surface area contributed by atoms with Crippen molar-refractivity contribution in [1.29, 1.82) is 0 Å². The first-order valence-corrected chi connectivity index (χ1v) is 5.76. The standard InChI is InChI=1S/C12H16N2O3/c1-2-9-8-17-6-5-14(9)10-3-4-11(12(15)16)13-7-10/h3-4,7,9H,2,5-6,8H2,1H3,(H,15,16).